The molecule has 7 nitrogen and oxygen atoms in total. The van der Waals surface area contributed by atoms with Gasteiger partial charge in [-0.1, -0.05) is 65.8 Å². The zero-order valence-electron chi connectivity index (χ0n) is 15.8. The summed E-state index contributed by atoms with van der Waals surface area (Å²) >= 11 is 7.32. The van der Waals surface area contributed by atoms with Crippen LogP contribution in [0.3, 0.4) is 0 Å². The normalized spacial score (nSPS) is 10.6. The van der Waals surface area contributed by atoms with Gasteiger partial charge in [0.25, 0.3) is 5.91 Å². The molecule has 0 atom stereocenters. The highest BCUT2D eigenvalue weighted by atomic mass is 35.5. The highest BCUT2D eigenvalue weighted by Crippen LogP contribution is 2.17. The molecule has 0 saturated heterocycles. The molecule has 0 bridgehead atoms. The first kappa shape index (κ1) is 20.9. The van der Waals surface area contributed by atoms with Crippen molar-refractivity contribution in [3.8, 4) is 0 Å². The second-order valence-electron chi connectivity index (χ2n) is 6.17. The number of rotatable bonds is 8. The molecule has 3 aromatic rings. The number of thioether (sulfide) groups is 1. The lowest BCUT2D eigenvalue weighted by atomic mass is 10.2. The van der Waals surface area contributed by atoms with Crippen molar-refractivity contribution < 1.29 is 9.59 Å². The third kappa shape index (κ3) is 5.82. The number of carbonyl (C=O) groups excluding carboxylic acids is 2. The van der Waals surface area contributed by atoms with E-state index in [4.69, 9.17) is 11.6 Å². The van der Waals surface area contributed by atoms with Gasteiger partial charge in [0.15, 0.2) is 11.0 Å². The van der Waals surface area contributed by atoms with Crippen molar-refractivity contribution in [3.63, 3.8) is 0 Å². The molecule has 150 valence electrons. The Morgan fingerprint density at radius 1 is 1.00 bits per heavy atom. The predicted molar refractivity (Wildman–Crippen MR) is 113 cm³/mol. The maximum absolute atomic E-state index is 12.2. The van der Waals surface area contributed by atoms with Crippen molar-refractivity contribution in [1.82, 2.24) is 25.4 Å². The van der Waals surface area contributed by atoms with Gasteiger partial charge >= 0.3 is 0 Å². The molecular formula is C20H20ClN5O2S. The van der Waals surface area contributed by atoms with Crippen molar-refractivity contribution >= 4 is 35.2 Å². The van der Waals surface area contributed by atoms with Crippen LogP contribution in [0.1, 0.15) is 21.7 Å². The Morgan fingerprint density at radius 2 is 1.72 bits per heavy atom. The van der Waals surface area contributed by atoms with E-state index in [9.17, 15) is 9.59 Å². The minimum absolute atomic E-state index is 0.0876. The third-order valence-electron chi connectivity index (χ3n) is 4.12. The SMILES string of the molecule is Cn1c(CNC(=O)c2ccccc2Cl)nnc1SCC(=O)NCc1ccccc1. The van der Waals surface area contributed by atoms with Gasteiger partial charge in [0, 0.05) is 13.6 Å². The quantitative estimate of drug-likeness (QED) is 0.537. The largest absolute Gasteiger partial charge is 0.351 e. The predicted octanol–water partition coefficient (Wildman–Crippen LogP) is 2.81. The van der Waals surface area contributed by atoms with E-state index in [1.807, 2.05) is 30.3 Å². The molecule has 0 unspecified atom stereocenters. The number of carbonyl (C=O) groups is 2. The molecule has 0 radical (unpaired) electrons. The van der Waals surface area contributed by atoms with Crippen LogP contribution >= 0.6 is 23.4 Å². The molecule has 0 fully saturated rings. The van der Waals surface area contributed by atoms with Gasteiger partial charge in [-0.15, -0.1) is 10.2 Å². The van der Waals surface area contributed by atoms with Crippen LogP contribution in [0.2, 0.25) is 5.02 Å². The maximum Gasteiger partial charge on any atom is 0.253 e. The Kier molecular flexibility index (Phi) is 7.26. The summed E-state index contributed by atoms with van der Waals surface area (Å²) in [4.78, 5) is 24.3. The molecule has 0 aliphatic rings. The first-order valence-electron chi connectivity index (χ1n) is 8.89. The molecule has 0 aliphatic heterocycles. The number of benzene rings is 2. The Balaban J connectivity index is 1.48. The molecule has 2 aromatic carbocycles. The van der Waals surface area contributed by atoms with Crippen molar-refractivity contribution in [2.75, 3.05) is 5.75 Å². The van der Waals surface area contributed by atoms with E-state index in [0.29, 0.717) is 28.1 Å². The van der Waals surface area contributed by atoms with E-state index in [-0.39, 0.29) is 24.1 Å². The van der Waals surface area contributed by atoms with Gasteiger partial charge < -0.3 is 15.2 Å². The molecular weight excluding hydrogens is 410 g/mol. The fourth-order valence-corrected chi connectivity index (χ4v) is 3.48. The van der Waals surface area contributed by atoms with Crippen LogP contribution in [0, 0.1) is 0 Å². The van der Waals surface area contributed by atoms with Gasteiger partial charge in [0.2, 0.25) is 5.91 Å². The fraction of sp³-hybridized carbons (Fsp3) is 0.200. The summed E-state index contributed by atoms with van der Waals surface area (Å²) in [6.07, 6.45) is 0. The van der Waals surface area contributed by atoms with Crippen LogP contribution < -0.4 is 10.6 Å². The summed E-state index contributed by atoms with van der Waals surface area (Å²) < 4.78 is 1.75. The Hall–Kier alpha value is -2.84. The summed E-state index contributed by atoms with van der Waals surface area (Å²) in [5, 5.41) is 14.8. The summed E-state index contributed by atoms with van der Waals surface area (Å²) in [5.41, 5.74) is 1.45. The molecule has 0 spiro atoms. The Bertz CT molecular complexity index is 994. The van der Waals surface area contributed by atoms with E-state index >= 15 is 0 Å². The Labute approximate surface area is 177 Å². The molecule has 3 rings (SSSR count). The lowest BCUT2D eigenvalue weighted by Crippen LogP contribution is -2.25. The zero-order valence-corrected chi connectivity index (χ0v) is 17.3. The van der Waals surface area contributed by atoms with Crippen molar-refractivity contribution in [1.29, 1.82) is 0 Å². The van der Waals surface area contributed by atoms with E-state index in [1.165, 1.54) is 11.8 Å². The summed E-state index contributed by atoms with van der Waals surface area (Å²) in [5.74, 6) is 0.436. The molecule has 9 heteroatoms. The van der Waals surface area contributed by atoms with Crippen LogP contribution in [-0.4, -0.2) is 32.3 Å². The first-order valence-corrected chi connectivity index (χ1v) is 10.3. The van der Waals surface area contributed by atoms with Crippen LogP contribution in [-0.2, 0) is 24.9 Å². The second-order valence-corrected chi connectivity index (χ2v) is 7.52. The number of hydrogen-bond donors (Lipinski definition) is 2. The van der Waals surface area contributed by atoms with Crippen LogP contribution in [0.25, 0.3) is 0 Å². The highest BCUT2D eigenvalue weighted by molar-refractivity contribution is 7.99. The van der Waals surface area contributed by atoms with Gasteiger partial charge in [-0.05, 0) is 17.7 Å². The number of hydrogen-bond acceptors (Lipinski definition) is 5. The molecule has 1 heterocycles. The molecule has 1 aromatic heterocycles. The van der Waals surface area contributed by atoms with Crippen molar-refractivity contribution in [2.24, 2.45) is 7.05 Å². The molecule has 2 N–H and O–H groups in total. The average Bonchev–Trinajstić information content (AvgIpc) is 3.09. The maximum atomic E-state index is 12.2. The second kappa shape index (κ2) is 10.1. The van der Waals surface area contributed by atoms with Crippen LogP contribution in [0.4, 0.5) is 0 Å². The van der Waals surface area contributed by atoms with Gasteiger partial charge in [-0.2, -0.15) is 0 Å². The topological polar surface area (TPSA) is 88.9 Å². The number of nitrogens with zero attached hydrogens (tertiary/aromatic N) is 3. The molecule has 2 amide bonds. The summed E-state index contributed by atoms with van der Waals surface area (Å²) in [7, 11) is 1.79. The molecule has 0 saturated carbocycles. The third-order valence-corrected chi connectivity index (χ3v) is 5.47. The monoisotopic (exact) mass is 429 g/mol. The summed E-state index contributed by atoms with van der Waals surface area (Å²) in [6, 6.07) is 16.5. The van der Waals surface area contributed by atoms with Gasteiger partial charge in [0.1, 0.15) is 0 Å². The summed E-state index contributed by atoms with van der Waals surface area (Å²) in [6.45, 7) is 0.687. The van der Waals surface area contributed by atoms with Crippen molar-refractivity contribution in [2.45, 2.75) is 18.2 Å². The minimum atomic E-state index is -0.284. The first-order chi connectivity index (χ1) is 14.0. The van der Waals surface area contributed by atoms with Crippen LogP contribution in [0.15, 0.2) is 59.8 Å². The van der Waals surface area contributed by atoms with E-state index < -0.39 is 0 Å². The molecule has 29 heavy (non-hydrogen) atoms. The van der Waals surface area contributed by atoms with E-state index in [1.54, 1.807) is 35.9 Å². The van der Waals surface area contributed by atoms with E-state index in [2.05, 4.69) is 20.8 Å². The smallest absolute Gasteiger partial charge is 0.253 e. The standard InChI is InChI=1S/C20H20ClN5O2S/c1-26-17(12-23-19(28)15-9-5-6-10-16(15)21)24-25-20(26)29-13-18(27)22-11-14-7-3-2-4-8-14/h2-10H,11-13H2,1H3,(H,22,27)(H,23,28). The number of nitrogens with one attached hydrogen (secondary N) is 2. The van der Waals surface area contributed by atoms with Crippen molar-refractivity contribution in [3.05, 3.63) is 76.6 Å². The van der Waals surface area contributed by atoms with Gasteiger partial charge in [-0.25, -0.2) is 0 Å². The van der Waals surface area contributed by atoms with Crippen LogP contribution in [0.5, 0.6) is 0 Å². The molecule has 0 aliphatic carbocycles. The van der Waals surface area contributed by atoms with Gasteiger partial charge in [0.05, 0.1) is 22.9 Å². The minimum Gasteiger partial charge on any atom is -0.351 e. The fourth-order valence-electron chi connectivity index (χ4n) is 2.50. The number of halogens is 1. The average molecular weight is 430 g/mol. The zero-order chi connectivity index (χ0) is 20.6. The number of amides is 2. The number of aromatic nitrogens is 3. The highest BCUT2D eigenvalue weighted by Gasteiger charge is 2.14. The van der Waals surface area contributed by atoms with Gasteiger partial charge in [-0.3, -0.25) is 9.59 Å². The lowest BCUT2D eigenvalue weighted by molar-refractivity contribution is -0.118. The Morgan fingerprint density at radius 3 is 2.48 bits per heavy atom. The van der Waals surface area contributed by atoms with E-state index in [0.717, 1.165) is 5.56 Å². The lowest BCUT2D eigenvalue weighted by Gasteiger charge is -2.07.